The fraction of sp³-hybridized carbons (Fsp3) is 0.188. The molecule has 0 unspecified atom stereocenters. The largest absolute Gasteiger partial charge is 0.508 e. The van der Waals surface area contributed by atoms with Gasteiger partial charge in [-0.05, 0) is 48.3 Å². The number of rotatable bonds is 2. The fourth-order valence-corrected chi connectivity index (χ4v) is 3.31. The Bertz CT molecular complexity index is 716. The first-order valence-corrected chi connectivity index (χ1v) is 7.61. The molecule has 1 heterocycles. The molecule has 0 saturated heterocycles. The highest BCUT2D eigenvalue weighted by Crippen LogP contribution is 2.42. The summed E-state index contributed by atoms with van der Waals surface area (Å²) in [6.07, 6.45) is 0. The van der Waals surface area contributed by atoms with E-state index in [0.29, 0.717) is 0 Å². The summed E-state index contributed by atoms with van der Waals surface area (Å²) in [6, 6.07) is 12.7. The molecule has 3 rings (SSSR count). The number of phenolic OH excluding ortho intramolecular Hbond substituents is 1. The minimum Gasteiger partial charge on any atom is -0.508 e. The van der Waals surface area contributed by atoms with Gasteiger partial charge in [0.25, 0.3) is 0 Å². The number of urea groups is 1. The summed E-state index contributed by atoms with van der Waals surface area (Å²) in [4.78, 5) is 17.0. The average Bonchev–Trinajstić information content (AvgIpc) is 2.51. The number of benzene rings is 2. The third-order valence-electron chi connectivity index (χ3n) is 3.55. The Morgan fingerprint density at radius 2 is 1.77 bits per heavy atom. The second-order valence-corrected chi connectivity index (χ2v) is 6.28. The molecule has 2 aromatic rings. The second kappa shape index (κ2) is 5.46. The SMILES string of the molecule is CN(C)c1ccc(N2Sc3ccc(O)cc3N(C)C2=O)cc1. The molecule has 1 aliphatic rings. The minimum absolute atomic E-state index is 0.138. The van der Waals surface area contributed by atoms with E-state index in [1.807, 2.05) is 49.3 Å². The summed E-state index contributed by atoms with van der Waals surface area (Å²) >= 11 is 1.36. The summed E-state index contributed by atoms with van der Waals surface area (Å²) < 4.78 is 1.65. The van der Waals surface area contributed by atoms with Gasteiger partial charge in [-0.2, -0.15) is 0 Å². The average molecular weight is 315 g/mol. The molecule has 0 fully saturated rings. The smallest absolute Gasteiger partial charge is 0.339 e. The minimum atomic E-state index is -0.138. The van der Waals surface area contributed by atoms with Crippen LogP contribution in [-0.4, -0.2) is 32.3 Å². The van der Waals surface area contributed by atoms with Crippen molar-refractivity contribution in [3.63, 3.8) is 0 Å². The molecule has 1 aliphatic heterocycles. The van der Waals surface area contributed by atoms with Crippen molar-refractivity contribution in [2.75, 3.05) is 35.2 Å². The molecule has 0 aliphatic carbocycles. The van der Waals surface area contributed by atoms with Crippen LogP contribution in [0.3, 0.4) is 0 Å². The van der Waals surface area contributed by atoms with Crippen molar-refractivity contribution in [2.24, 2.45) is 0 Å². The summed E-state index contributed by atoms with van der Waals surface area (Å²) in [5.41, 5.74) is 2.62. The van der Waals surface area contributed by atoms with Crippen LogP contribution in [0.25, 0.3) is 0 Å². The van der Waals surface area contributed by atoms with Crippen LogP contribution in [0.15, 0.2) is 47.4 Å². The Labute approximate surface area is 133 Å². The van der Waals surface area contributed by atoms with Gasteiger partial charge in [0.1, 0.15) is 5.75 Å². The molecule has 0 spiro atoms. The Hall–Kier alpha value is -2.34. The van der Waals surface area contributed by atoms with Crippen molar-refractivity contribution in [2.45, 2.75) is 4.90 Å². The van der Waals surface area contributed by atoms with Gasteiger partial charge in [0.15, 0.2) is 0 Å². The van der Waals surface area contributed by atoms with Gasteiger partial charge in [0, 0.05) is 32.9 Å². The number of fused-ring (bicyclic) bond motifs is 1. The zero-order chi connectivity index (χ0) is 15.9. The van der Waals surface area contributed by atoms with Crippen molar-refractivity contribution in [1.29, 1.82) is 0 Å². The van der Waals surface area contributed by atoms with Gasteiger partial charge in [-0.25, -0.2) is 9.10 Å². The molecule has 0 aromatic heterocycles. The molecule has 5 nitrogen and oxygen atoms in total. The lowest BCUT2D eigenvalue weighted by Gasteiger charge is -2.33. The van der Waals surface area contributed by atoms with E-state index in [9.17, 15) is 9.90 Å². The number of anilines is 3. The van der Waals surface area contributed by atoms with Crippen molar-refractivity contribution >= 4 is 35.0 Å². The van der Waals surface area contributed by atoms with Crippen LogP contribution < -0.4 is 14.1 Å². The van der Waals surface area contributed by atoms with Crippen LogP contribution in [0.1, 0.15) is 0 Å². The first-order chi connectivity index (χ1) is 10.5. The number of aromatic hydroxyl groups is 1. The number of nitrogens with zero attached hydrogens (tertiary/aromatic N) is 3. The summed E-state index contributed by atoms with van der Waals surface area (Å²) in [7, 11) is 5.67. The molecular weight excluding hydrogens is 298 g/mol. The lowest BCUT2D eigenvalue weighted by atomic mass is 10.2. The number of phenols is 1. The highest BCUT2D eigenvalue weighted by molar-refractivity contribution is 8.01. The van der Waals surface area contributed by atoms with Crippen LogP contribution in [0.5, 0.6) is 5.75 Å². The summed E-state index contributed by atoms with van der Waals surface area (Å²) in [5.74, 6) is 0.155. The van der Waals surface area contributed by atoms with Gasteiger partial charge in [0.05, 0.1) is 16.3 Å². The van der Waals surface area contributed by atoms with Crippen LogP contribution in [0.2, 0.25) is 0 Å². The number of hydrogen-bond acceptors (Lipinski definition) is 4. The van der Waals surface area contributed by atoms with Crippen LogP contribution >= 0.6 is 11.9 Å². The highest BCUT2D eigenvalue weighted by Gasteiger charge is 2.30. The highest BCUT2D eigenvalue weighted by atomic mass is 32.2. The van der Waals surface area contributed by atoms with E-state index in [-0.39, 0.29) is 11.8 Å². The van der Waals surface area contributed by atoms with Gasteiger partial charge in [-0.15, -0.1) is 0 Å². The molecule has 114 valence electrons. The van der Waals surface area contributed by atoms with E-state index in [2.05, 4.69) is 0 Å². The van der Waals surface area contributed by atoms with Crippen LogP contribution in [0.4, 0.5) is 21.9 Å². The van der Waals surface area contributed by atoms with E-state index in [1.54, 1.807) is 28.4 Å². The van der Waals surface area contributed by atoms with Gasteiger partial charge in [-0.1, -0.05) is 0 Å². The quantitative estimate of drug-likeness (QED) is 0.861. The maximum Gasteiger partial charge on any atom is 0.339 e. The predicted octanol–water partition coefficient (Wildman–Crippen LogP) is 3.54. The molecule has 6 heteroatoms. The third kappa shape index (κ3) is 2.46. The number of carbonyl (C=O) groups is 1. The van der Waals surface area contributed by atoms with Crippen molar-refractivity contribution in [3.8, 4) is 5.75 Å². The molecule has 0 atom stereocenters. The number of amides is 2. The molecule has 0 bridgehead atoms. The van der Waals surface area contributed by atoms with E-state index in [0.717, 1.165) is 22.0 Å². The first kappa shape index (κ1) is 14.6. The zero-order valence-corrected chi connectivity index (χ0v) is 13.5. The normalized spacial score (nSPS) is 14.0. The van der Waals surface area contributed by atoms with E-state index >= 15 is 0 Å². The van der Waals surface area contributed by atoms with Crippen LogP contribution in [-0.2, 0) is 0 Å². The van der Waals surface area contributed by atoms with E-state index in [1.165, 1.54) is 11.9 Å². The molecular formula is C16H17N3O2S. The van der Waals surface area contributed by atoms with Crippen molar-refractivity contribution < 1.29 is 9.90 Å². The summed E-state index contributed by atoms with van der Waals surface area (Å²) in [5, 5.41) is 9.59. The number of hydrogen-bond donors (Lipinski definition) is 1. The predicted molar refractivity (Wildman–Crippen MR) is 91.0 cm³/mol. The first-order valence-electron chi connectivity index (χ1n) is 6.83. The maximum atomic E-state index is 12.6. The lowest BCUT2D eigenvalue weighted by Crippen LogP contribution is -2.40. The lowest BCUT2D eigenvalue weighted by molar-refractivity contribution is 0.255. The second-order valence-electron chi connectivity index (χ2n) is 5.29. The molecule has 1 N–H and O–H groups in total. The van der Waals surface area contributed by atoms with E-state index in [4.69, 9.17) is 0 Å². The molecule has 0 radical (unpaired) electrons. The van der Waals surface area contributed by atoms with Gasteiger partial charge < -0.3 is 10.0 Å². The Morgan fingerprint density at radius 3 is 2.41 bits per heavy atom. The molecule has 0 saturated carbocycles. The van der Waals surface area contributed by atoms with Crippen LogP contribution in [0, 0.1) is 0 Å². The zero-order valence-electron chi connectivity index (χ0n) is 12.6. The number of carbonyl (C=O) groups excluding carboxylic acids is 1. The summed E-state index contributed by atoms with van der Waals surface area (Å²) in [6.45, 7) is 0. The molecule has 22 heavy (non-hydrogen) atoms. The molecule has 2 amide bonds. The monoisotopic (exact) mass is 315 g/mol. The fourth-order valence-electron chi connectivity index (χ4n) is 2.27. The van der Waals surface area contributed by atoms with Crippen molar-refractivity contribution in [3.05, 3.63) is 42.5 Å². The maximum absolute atomic E-state index is 12.6. The van der Waals surface area contributed by atoms with E-state index < -0.39 is 0 Å². The van der Waals surface area contributed by atoms with Gasteiger partial charge >= 0.3 is 6.03 Å². The Kier molecular flexibility index (Phi) is 3.62. The Morgan fingerprint density at radius 1 is 1.09 bits per heavy atom. The van der Waals surface area contributed by atoms with Gasteiger partial charge in [-0.3, -0.25) is 4.90 Å². The molecule has 2 aromatic carbocycles. The van der Waals surface area contributed by atoms with Gasteiger partial charge in [0.2, 0.25) is 0 Å². The Balaban J connectivity index is 1.95. The standard InChI is InChI=1S/C16H17N3O2S/c1-17(2)11-4-6-12(7-5-11)19-16(21)18(3)14-10-13(20)8-9-15(14)22-19/h4-10,20H,1-3H3. The third-order valence-corrected chi connectivity index (χ3v) is 4.65. The van der Waals surface area contributed by atoms with Crippen molar-refractivity contribution in [1.82, 2.24) is 0 Å². The topological polar surface area (TPSA) is 47.0 Å².